The van der Waals surface area contributed by atoms with E-state index in [0.717, 1.165) is 25.2 Å². The van der Waals surface area contributed by atoms with Gasteiger partial charge in [-0.2, -0.15) is 0 Å². The van der Waals surface area contributed by atoms with Crippen LogP contribution in [0.15, 0.2) is 12.1 Å². The van der Waals surface area contributed by atoms with Crippen molar-refractivity contribution in [1.82, 2.24) is 14.5 Å². The molecule has 108 valence electrons. The second-order valence-electron chi connectivity index (χ2n) is 5.92. The molecule has 0 aliphatic carbocycles. The first-order chi connectivity index (χ1) is 9.54. The SMILES string of the molecule is Cc1cc2c(cc1F)nc(N)n2CC1CCN(C)CC1. The van der Waals surface area contributed by atoms with Gasteiger partial charge in [0.15, 0.2) is 0 Å². The molecular formula is C15H21FN4. The molecule has 0 unspecified atom stereocenters. The maximum Gasteiger partial charge on any atom is 0.201 e. The topological polar surface area (TPSA) is 47.1 Å². The summed E-state index contributed by atoms with van der Waals surface area (Å²) in [6, 6.07) is 3.33. The molecule has 0 saturated carbocycles. The molecule has 1 saturated heterocycles. The molecule has 0 spiro atoms. The van der Waals surface area contributed by atoms with E-state index in [2.05, 4.69) is 16.9 Å². The van der Waals surface area contributed by atoms with Crippen molar-refractivity contribution in [3.8, 4) is 0 Å². The molecule has 0 radical (unpaired) electrons. The van der Waals surface area contributed by atoms with Crippen molar-refractivity contribution in [2.45, 2.75) is 26.3 Å². The minimum Gasteiger partial charge on any atom is -0.369 e. The van der Waals surface area contributed by atoms with Crippen LogP contribution in [0.3, 0.4) is 0 Å². The zero-order chi connectivity index (χ0) is 14.3. The normalized spacial score (nSPS) is 17.9. The number of likely N-dealkylation sites (tertiary alicyclic amines) is 1. The lowest BCUT2D eigenvalue weighted by molar-refractivity contribution is 0.206. The number of hydrogen-bond acceptors (Lipinski definition) is 3. The predicted molar refractivity (Wildman–Crippen MR) is 79.1 cm³/mol. The van der Waals surface area contributed by atoms with Crippen LogP contribution in [-0.2, 0) is 6.54 Å². The van der Waals surface area contributed by atoms with E-state index in [9.17, 15) is 4.39 Å². The number of halogens is 1. The minimum atomic E-state index is -0.221. The van der Waals surface area contributed by atoms with Crippen molar-refractivity contribution in [2.24, 2.45) is 5.92 Å². The van der Waals surface area contributed by atoms with Gasteiger partial charge in [-0.3, -0.25) is 0 Å². The van der Waals surface area contributed by atoms with E-state index in [0.29, 0.717) is 22.9 Å². The van der Waals surface area contributed by atoms with Crippen molar-refractivity contribution in [1.29, 1.82) is 0 Å². The van der Waals surface area contributed by atoms with E-state index in [1.54, 1.807) is 6.92 Å². The molecule has 20 heavy (non-hydrogen) atoms. The average Bonchev–Trinajstić information content (AvgIpc) is 2.69. The van der Waals surface area contributed by atoms with Gasteiger partial charge in [-0.15, -0.1) is 0 Å². The fourth-order valence-electron chi connectivity index (χ4n) is 2.96. The van der Waals surface area contributed by atoms with Crippen LogP contribution in [0, 0.1) is 18.7 Å². The Morgan fingerprint density at radius 2 is 2.05 bits per heavy atom. The number of rotatable bonds is 2. The summed E-state index contributed by atoms with van der Waals surface area (Å²) in [6.45, 7) is 4.91. The summed E-state index contributed by atoms with van der Waals surface area (Å²) in [5.41, 5.74) is 8.25. The molecule has 3 rings (SSSR count). The number of fused-ring (bicyclic) bond motifs is 1. The Morgan fingerprint density at radius 1 is 1.35 bits per heavy atom. The van der Waals surface area contributed by atoms with Gasteiger partial charge >= 0.3 is 0 Å². The minimum absolute atomic E-state index is 0.221. The maximum absolute atomic E-state index is 13.6. The molecule has 1 aromatic carbocycles. The predicted octanol–water partition coefficient (Wildman–Crippen LogP) is 2.41. The highest BCUT2D eigenvalue weighted by Gasteiger charge is 2.19. The molecule has 0 bridgehead atoms. The van der Waals surface area contributed by atoms with Crippen LogP contribution in [0.5, 0.6) is 0 Å². The van der Waals surface area contributed by atoms with Crippen molar-refractivity contribution in [3.63, 3.8) is 0 Å². The van der Waals surface area contributed by atoms with Crippen LogP contribution >= 0.6 is 0 Å². The highest BCUT2D eigenvalue weighted by atomic mass is 19.1. The van der Waals surface area contributed by atoms with Gasteiger partial charge in [0.25, 0.3) is 0 Å². The van der Waals surface area contributed by atoms with E-state index in [-0.39, 0.29) is 5.82 Å². The third-order valence-electron chi connectivity index (χ3n) is 4.34. The Kier molecular flexibility index (Phi) is 3.38. The number of nitrogens with two attached hydrogens (primary N) is 1. The van der Waals surface area contributed by atoms with Gasteiger partial charge in [0.05, 0.1) is 11.0 Å². The van der Waals surface area contributed by atoms with E-state index in [4.69, 9.17) is 5.73 Å². The summed E-state index contributed by atoms with van der Waals surface area (Å²) in [6.07, 6.45) is 2.35. The number of nitrogen functional groups attached to an aromatic ring is 1. The van der Waals surface area contributed by atoms with Gasteiger partial charge in [-0.25, -0.2) is 9.37 Å². The fraction of sp³-hybridized carbons (Fsp3) is 0.533. The zero-order valence-electron chi connectivity index (χ0n) is 12.1. The molecule has 2 aromatic rings. The Labute approximate surface area is 118 Å². The lowest BCUT2D eigenvalue weighted by Crippen LogP contribution is -2.32. The number of nitrogens with zero attached hydrogens (tertiary/aromatic N) is 3. The molecular weight excluding hydrogens is 255 g/mol. The summed E-state index contributed by atoms with van der Waals surface area (Å²) >= 11 is 0. The first kappa shape index (κ1) is 13.4. The van der Waals surface area contributed by atoms with Gasteiger partial charge in [0, 0.05) is 12.6 Å². The molecule has 5 heteroatoms. The van der Waals surface area contributed by atoms with Crippen molar-refractivity contribution in [3.05, 3.63) is 23.5 Å². The molecule has 1 aliphatic rings. The molecule has 0 amide bonds. The van der Waals surface area contributed by atoms with Gasteiger partial charge in [0.1, 0.15) is 5.82 Å². The third-order valence-corrected chi connectivity index (χ3v) is 4.34. The van der Waals surface area contributed by atoms with Crippen LogP contribution < -0.4 is 5.73 Å². The van der Waals surface area contributed by atoms with Gasteiger partial charge in [0.2, 0.25) is 5.95 Å². The largest absolute Gasteiger partial charge is 0.369 e. The molecule has 1 aliphatic heterocycles. The highest BCUT2D eigenvalue weighted by molar-refractivity contribution is 5.79. The molecule has 2 N–H and O–H groups in total. The summed E-state index contributed by atoms with van der Waals surface area (Å²) < 4.78 is 15.6. The van der Waals surface area contributed by atoms with Gasteiger partial charge in [-0.05, 0) is 57.5 Å². The van der Waals surface area contributed by atoms with E-state index in [1.165, 1.54) is 18.9 Å². The van der Waals surface area contributed by atoms with Crippen LogP contribution in [0.4, 0.5) is 10.3 Å². The van der Waals surface area contributed by atoms with E-state index < -0.39 is 0 Å². The molecule has 1 fully saturated rings. The lowest BCUT2D eigenvalue weighted by Gasteiger charge is -2.29. The second-order valence-corrected chi connectivity index (χ2v) is 5.92. The molecule has 4 nitrogen and oxygen atoms in total. The monoisotopic (exact) mass is 276 g/mol. The zero-order valence-corrected chi connectivity index (χ0v) is 12.1. The Balaban J connectivity index is 1.91. The maximum atomic E-state index is 13.6. The van der Waals surface area contributed by atoms with Crippen LogP contribution in [0.2, 0.25) is 0 Å². The number of hydrogen-bond donors (Lipinski definition) is 1. The van der Waals surface area contributed by atoms with E-state index >= 15 is 0 Å². The summed E-state index contributed by atoms with van der Waals surface area (Å²) in [4.78, 5) is 6.64. The Morgan fingerprint density at radius 3 is 2.75 bits per heavy atom. The highest BCUT2D eigenvalue weighted by Crippen LogP contribution is 2.25. The summed E-state index contributed by atoms with van der Waals surface area (Å²) in [7, 11) is 2.16. The molecule has 0 atom stereocenters. The van der Waals surface area contributed by atoms with Crippen LogP contribution in [-0.4, -0.2) is 34.6 Å². The standard InChI is InChI=1S/C15H21FN4/c1-10-7-14-13(8-12(10)16)18-15(17)20(14)9-11-3-5-19(2)6-4-11/h7-8,11H,3-6,9H2,1-2H3,(H2,17,18). The number of imidazole rings is 1. The number of aryl methyl sites for hydroxylation is 1. The second kappa shape index (κ2) is 5.05. The summed E-state index contributed by atoms with van der Waals surface area (Å²) in [5.74, 6) is 0.890. The number of piperidine rings is 1. The van der Waals surface area contributed by atoms with Crippen LogP contribution in [0.25, 0.3) is 11.0 Å². The number of anilines is 1. The van der Waals surface area contributed by atoms with Crippen molar-refractivity contribution >= 4 is 17.0 Å². The average molecular weight is 276 g/mol. The Hall–Kier alpha value is -1.62. The quantitative estimate of drug-likeness (QED) is 0.916. The smallest absolute Gasteiger partial charge is 0.201 e. The number of benzene rings is 1. The van der Waals surface area contributed by atoms with Crippen molar-refractivity contribution < 1.29 is 4.39 Å². The lowest BCUT2D eigenvalue weighted by atomic mass is 9.97. The first-order valence-electron chi connectivity index (χ1n) is 7.15. The van der Waals surface area contributed by atoms with E-state index in [1.807, 2.05) is 10.6 Å². The molecule has 1 aromatic heterocycles. The van der Waals surface area contributed by atoms with Gasteiger partial charge in [-0.1, -0.05) is 0 Å². The summed E-state index contributed by atoms with van der Waals surface area (Å²) in [5, 5.41) is 0. The fourth-order valence-corrected chi connectivity index (χ4v) is 2.96. The first-order valence-corrected chi connectivity index (χ1v) is 7.15. The van der Waals surface area contributed by atoms with Crippen molar-refractivity contribution in [2.75, 3.05) is 25.9 Å². The van der Waals surface area contributed by atoms with Crippen LogP contribution in [0.1, 0.15) is 18.4 Å². The molecule has 2 heterocycles. The van der Waals surface area contributed by atoms with Gasteiger partial charge < -0.3 is 15.2 Å². The third kappa shape index (κ3) is 2.38. The number of aromatic nitrogens is 2. The Bertz CT molecular complexity index is 626.